The molecule has 1 fully saturated rings. The van der Waals surface area contributed by atoms with Gasteiger partial charge in [-0.1, -0.05) is 129 Å². The van der Waals surface area contributed by atoms with Crippen LogP contribution in [0.5, 0.6) is 0 Å². The number of rotatable bonds is 36. The highest BCUT2D eigenvalue weighted by molar-refractivity contribution is 7.47. The van der Waals surface area contributed by atoms with Crippen molar-refractivity contribution in [3.8, 4) is 0 Å². The highest BCUT2D eigenvalue weighted by Gasteiger charge is 2.36. The minimum Gasteiger partial charge on any atom is -0.462 e. The summed E-state index contributed by atoms with van der Waals surface area (Å²) in [7, 11) is -4.62. The minimum atomic E-state index is -4.62. The lowest BCUT2D eigenvalue weighted by molar-refractivity contribution is -0.161. The van der Waals surface area contributed by atoms with Gasteiger partial charge in [-0.2, -0.15) is 0 Å². The van der Waals surface area contributed by atoms with Gasteiger partial charge >= 0.3 is 19.8 Å². The van der Waals surface area contributed by atoms with Crippen LogP contribution in [0.3, 0.4) is 0 Å². The molecule has 3 N–H and O–H groups in total. The van der Waals surface area contributed by atoms with Gasteiger partial charge in [0.05, 0.1) is 32.0 Å². The van der Waals surface area contributed by atoms with Crippen molar-refractivity contribution < 1.29 is 52.5 Å². The van der Waals surface area contributed by atoms with Gasteiger partial charge in [-0.25, -0.2) is 4.57 Å². The molecule has 1 rings (SSSR count). The Morgan fingerprint density at radius 1 is 0.765 bits per heavy atom. The largest absolute Gasteiger partial charge is 0.472 e. The number of ether oxygens (including phenoxy) is 3. The first-order valence-electron chi connectivity index (χ1n) is 20.2. The molecule has 0 aromatic heterocycles. The number of aliphatic hydroxyl groups excluding tert-OH is 2. The third kappa shape index (κ3) is 28.8. The molecule has 0 aliphatic carbocycles. The second-order valence-corrected chi connectivity index (χ2v) is 15.7. The van der Waals surface area contributed by atoms with E-state index >= 15 is 0 Å². The van der Waals surface area contributed by atoms with Crippen molar-refractivity contribution >= 4 is 19.8 Å². The van der Waals surface area contributed by atoms with Crippen LogP contribution < -0.4 is 0 Å². The van der Waals surface area contributed by atoms with Crippen molar-refractivity contribution in [3.63, 3.8) is 0 Å². The molecule has 0 spiro atoms. The molecule has 300 valence electrons. The van der Waals surface area contributed by atoms with E-state index in [1.807, 2.05) is 0 Å². The van der Waals surface area contributed by atoms with Crippen LogP contribution in [0.1, 0.15) is 168 Å². The summed E-state index contributed by atoms with van der Waals surface area (Å²) in [6.07, 6.45) is 26.3. The van der Waals surface area contributed by atoms with Gasteiger partial charge in [0.15, 0.2) is 6.10 Å². The number of carbonyl (C=O) groups excluding carboxylic acids is 2. The van der Waals surface area contributed by atoms with Crippen LogP contribution in [0.2, 0.25) is 0 Å². The highest BCUT2D eigenvalue weighted by Crippen LogP contribution is 2.43. The Kier molecular flexibility index (Phi) is 29.0. The number of phosphoric acid groups is 1. The maximum Gasteiger partial charge on any atom is 0.472 e. The Morgan fingerprint density at radius 2 is 1.37 bits per heavy atom. The fourth-order valence-corrected chi connectivity index (χ4v) is 6.53. The standard InChI is InChI=1S/C39H73O11P/c1-4-6-7-8-15-20-25-36-37(50-36)26-21-16-13-18-22-27-38(42)46-31-35(32-48-51(44,45)47-30-34(41)29-40)49-39(43)28-23-17-12-10-9-11-14-19-24-33(3)5-2/h15,20,33-37,40-41H,4-14,16-19,21-32H2,1-3H3,(H,44,45)/b20-15-/t33?,34-,35+,36?,37?/m0/s1. The Labute approximate surface area is 309 Å². The van der Waals surface area contributed by atoms with Gasteiger partial charge in [0.1, 0.15) is 12.7 Å². The average molecular weight is 749 g/mol. The summed E-state index contributed by atoms with van der Waals surface area (Å²) in [5.41, 5.74) is 0. The van der Waals surface area contributed by atoms with Crippen molar-refractivity contribution in [2.24, 2.45) is 5.92 Å². The first kappa shape index (κ1) is 47.7. The number of epoxide rings is 1. The number of phosphoric ester groups is 1. The second-order valence-electron chi connectivity index (χ2n) is 14.3. The van der Waals surface area contributed by atoms with Crippen LogP contribution in [-0.2, 0) is 37.4 Å². The zero-order chi connectivity index (χ0) is 37.6. The molecule has 1 aliphatic heterocycles. The predicted molar refractivity (Wildman–Crippen MR) is 200 cm³/mol. The van der Waals surface area contributed by atoms with Crippen LogP contribution >= 0.6 is 7.82 Å². The Hall–Kier alpha value is -1.33. The van der Waals surface area contributed by atoms with Crippen molar-refractivity contribution in [3.05, 3.63) is 12.2 Å². The van der Waals surface area contributed by atoms with Crippen molar-refractivity contribution in [1.29, 1.82) is 0 Å². The summed E-state index contributed by atoms with van der Waals surface area (Å²) < 4.78 is 38.4. The highest BCUT2D eigenvalue weighted by atomic mass is 31.2. The van der Waals surface area contributed by atoms with Crippen LogP contribution in [-0.4, -0.2) is 77.9 Å². The fourth-order valence-electron chi connectivity index (χ4n) is 5.74. The maximum absolute atomic E-state index is 12.6. The molecular formula is C39H73O11P. The topological polar surface area (TPSA) is 161 Å². The summed E-state index contributed by atoms with van der Waals surface area (Å²) >= 11 is 0. The average Bonchev–Trinajstić information content (AvgIpc) is 3.87. The van der Waals surface area contributed by atoms with E-state index in [1.54, 1.807) is 0 Å². The number of unbranched alkanes of at least 4 members (excludes halogenated alkanes) is 14. The van der Waals surface area contributed by atoms with Crippen molar-refractivity contribution in [2.75, 3.05) is 26.4 Å². The van der Waals surface area contributed by atoms with E-state index in [9.17, 15) is 24.2 Å². The van der Waals surface area contributed by atoms with E-state index in [4.69, 9.17) is 23.8 Å². The number of allylic oxidation sites excluding steroid dienone is 1. The summed E-state index contributed by atoms with van der Waals surface area (Å²) in [5.74, 6) is -0.141. The number of hydrogen-bond donors (Lipinski definition) is 3. The smallest absolute Gasteiger partial charge is 0.462 e. The lowest BCUT2D eigenvalue weighted by Gasteiger charge is -2.20. The molecule has 1 aliphatic rings. The van der Waals surface area contributed by atoms with Crippen LogP contribution in [0, 0.1) is 5.92 Å². The first-order valence-corrected chi connectivity index (χ1v) is 21.7. The molecule has 0 radical (unpaired) electrons. The van der Waals surface area contributed by atoms with Gasteiger partial charge in [-0.15, -0.1) is 0 Å². The monoisotopic (exact) mass is 748 g/mol. The zero-order valence-electron chi connectivity index (χ0n) is 32.2. The third-order valence-corrected chi connectivity index (χ3v) is 10.3. The lowest BCUT2D eigenvalue weighted by atomic mass is 9.99. The summed E-state index contributed by atoms with van der Waals surface area (Å²) in [6.45, 7) is 4.63. The van der Waals surface area contributed by atoms with Crippen molar-refractivity contribution in [1.82, 2.24) is 0 Å². The first-order chi connectivity index (χ1) is 24.6. The molecular weight excluding hydrogens is 675 g/mol. The van der Waals surface area contributed by atoms with Gasteiger partial charge in [-0.05, 0) is 44.4 Å². The summed E-state index contributed by atoms with van der Waals surface area (Å²) in [6, 6.07) is 0. The van der Waals surface area contributed by atoms with Gasteiger partial charge in [0.25, 0.3) is 0 Å². The Bertz CT molecular complexity index is 946. The van der Waals surface area contributed by atoms with E-state index in [0.29, 0.717) is 25.0 Å². The number of hydrogen-bond acceptors (Lipinski definition) is 10. The molecule has 1 saturated heterocycles. The molecule has 6 atom stereocenters. The van der Waals surface area contributed by atoms with E-state index in [2.05, 4.69) is 37.4 Å². The Morgan fingerprint density at radius 3 is 2.02 bits per heavy atom. The lowest BCUT2D eigenvalue weighted by Crippen LogP contribution is -2.29. The molecule has 11 nitrogen and oxygen atoms in total. The molecule has 0 bridgehead atoms. The van der Waals surface area contributed by atoms with Gasteiger partial charge in [-0.3, -0.25) is 18.6 Å². The molecule has 4 unspecified atom stereocenters. The van der Waals surface area contributed by atoms with E-state index in [0.717, 1.165) is 70.1 Å². The SMILES string of the molecule is CCCCC/C=C\CC1OC1CCCCCCCC(=O)OC[C@H](COP(=O)(O)OC[C@@H](O)CO)OC(=O)CCCCCCCCCCC(C)CC. The zero-order valence-corrected chi connectivity index (χ0v) is 33.1. The molecule has 0 aromatic carbocycles. The molecule has 12 heteroatoms. The number of esters is 2. The van der Waals surface area contributed by atoms with Gasteiger partial charge in [0, 0.05) is 12.8 Å². The molecule has 1 heterocycles. The fraction of sp³-hybridized carbons (Fsp3) is 0.897. The molecule has 0 aromatic rings. The van der Waals surface area contributed by atoms with Crippen LogP contribution in [0.25, 0.3) is 0 Å². The van der Waals surface area contributed by atoms with Crippen LogP contribution in [0.15, 0.2) is 12.2 Å². The van der Waals surface area contributed by atoms with Crippen molar-refractivity contribution in [2.45, 2.75) is 193 Å². The maximum atomic E-state index is 12.6. The predicted octanol–water partition coefficient (Wildman–Crippen LogP) is 8.90. The quantitative estimate of drug-likeness (QED) is 0.0184. The molecule has 51 heavy (non-hydrogen) atoms. The van der Waals surface area contributed by atoms with Gasteiger partial charge < -0.3 is 29.3 Å². The Balaban J connectivity index is 2.28. The van der Waals surface area contributed by atoms with Crippen LogP contribution in [0.4, 0.5) is 0 Å². The second kappa shape index (κ2) is 31.1. The number of carbonyl (C=O) groups is 2. The molecule has 0 saturated carbocycles. The normalized spacial score (nSPS) is 18.7. The van der Waals surface area contributed by atoms with E-state index in [1.165, 1.54) is 57.8 Å². The minimum absolute atomic E-state index is 0.180. The van der Waals surface area contributed by atoms with E-state index in [-0.39, 0.29) is 19.4 Å². The summed E-state index contributed by atoms with van der Waals surface area (Å²) in [4.78, 5) is 34.9. The van der Waals surface area contributed by atoms with E-state index < -0.39 is 51.8 Å². The number of aliphatic hydroxyl groups is 2. The summed E-state index contributed by atoms with van der Waals surface area (Å²) in [5, 5.41) is 18.3. The van der Waals surface area contributed by atoms with Gasteiger partial charge in [0.2, 0.25) is 0 Å². The molecule has 0 amide bonds. The third-order valence-electron chi connectivity index (χ3n) is 9.38.